The highest BCUT2D eigenvalue weighted by Gasteiger charge is 2.17. The van der Waals surface area contributed by atoms with Crippen LogP contribution in [0.4, 0.5) is 11.4 Å². The Morgan fingerprint density at radius 3 is 2.57 bits per heavy atom. The zero-order valence-electron chi connectivity index (χ0n) is 13.5. The van der Waals surface area contributed by atoms with Gasteiger partial charge in [0.2, 0.25) is 11.7 Å². The Kier molecular flexibility index (Phi) is 5.13. The number of carbonyl (C=O) groups is 2. The predicted octanol–water partition coefficient (Wildman–Crippen LogP) is 2.44. The minimum absolute atomic E-state index is 0.0356. The van der Waals surface area contributed by atoms with E-state index < -0.39 is 0 Å². The fourth-order valence-corrected chi connectivity index (χ4v) is 2.08. The van der Waals surface area contributed by atoms with Gasteiger partial charge in [-0.1, -0.05) is 6.07 Å². The van der Waals surface area contributed by atoms with E-state index in [1.165, 1.54) is 7.11 Å². The van der Waals surface area contributed by atoms with Gasteiger partial charge in [0.25, 0.3) is 5.91 Å². The van der Waals surface area contributed by atoms with Gasteiger partial charge in [-0.25, -0.2) is 4.98 Å². The topological polar surface area (TPSA) is 93.5 Å². The second-order valence-electron chi connectivity index (χ2n) is 5.11. The van der Waals surface area contributed by atoms with E-state index in [2.05, 4.69) is 15.6 Å². The van der Waals surface area contributed by atoms with Crippen molar-refractivity contribution in [2.75, 3.05) is 24.4 Å². The molecule has 2 amide bonds. The Bertz CT molecular complexity index is 737. The van der Waals surface area contributed by atoms with Gasteiger partial charge >= 0.3 is 0 Å². The molecule has 0 bridgehead atoms. The van der Waals surface area contributed by atoms with Crippen LogP contribution in [-0.2, 0) is 9.53 Å². The molecule has 1 aromatic heterocycles. The summed E-state index contributed by atoms with van der Waals surface area (Å²) < 4.78 is 10.1. The molecule has 7 heteroatoms. The summed E-state index contributed by atoms with van der Waals surface area (Å²) in [5, 5.41) is 5.46. The lowest BCUT2D eigenvalue weighted by atomic mass is 10.1. The molecule has 2 N–H and O–H groups in total. The monoisotopic (exact) mass is 317 g/mol. The second kappa shape index (κ2) is 7.06. The van der Waals surface area contributed by atoms with Gasteiger partial charge in [0, 0.05) is 25.4 Å². The molecule has 2 aromatic rings. The molecule has 0 radical (unpaired) electrons. The van der Waals surface area contributed by atoms with Gasteiger partial charge in [0.05, 0.1) is 5.69 Å². The molecule has 0 saturated carbocycles. The maximum atomic E-state index is 12.3. The first-order chi connectivity index (χ1) is 10.9. The van der Waals surface area contributed by atoms with E-state index in [9.17, 15) is 9.59 Å². The first kappa shape index (κ1) is 16.7. The highest BCUT2D eigenvalue weighted by atomic mass is 16.5. The zero-order chi connectivity index (χ0) is 17.0. The number of anilines is 2. The summed E-state index contributed by atoms with van der Waals surface area (Å²) in [5.41, 5.74) is 2.54. The smallest absolute Gasteiger partial charge is 0.293 e. The molecule has 1 heterocycles. The second-order valence-corrected chi connectivity index (χ2v) is 5.11. The zero-order valence-corrected chi connectivity index (χ0v) is 13.5. The van der Waals surface area contributed by atoms with Gasteiger partial charge in [-0.15, -0.1) is 0 Å². The Morgan fingerprint density at radius 1 is 1.22 bits per heavy atom. The summed E-state index contributed by atoms with van der Waals surface area (Å²) in [7, 11) is 1.45. The highest BCUT2D eigenvalue weighted by molar-refractivity contribution is 6.04. The Hall–Kier alpha value is -2.67. The molecule has 0 atom stereocenters. The third kappa shape index (κ3) is 4.17. The molecule has 1 aromatic carbocycles. The van der Waals surface area contributed by atoms with Gasteiger partial charge in [-0.2, -0.15) is 0 Å². The molecule has 0 saturated heterocycles. The van der Waals surface area contributed by atoms with Crippen molar-refractivity contribution in [3.05, 3.63) is 41.1 Å². The molecule has 7 nitrogen and oxygen atoms in total. The fraction of sp³-hybridized carbons (Fsp3) is 0.312. The van der Waals surface area contributed by atoms with Crippen LogP contribution in [0, 0.1) is 20.8 Å². The van der Waals surface area contributed by atoms with E-state index in [-0.39, 0.29) is 24.2 Å². The van der Waals surface area contributed by atoms with E-state index >= 15 is 0 Å². The molecular weight excluding hydrogens is 298 g/mol. The van der Waals surface area contributed by atoms with Crippen molar-refractivity contribution < 1.29 is 18.7 Å². The number of benzene rings is 1. The lowest BCUT2D eigenvalue weighted by Crippen LogP contribution is -2.18. The number of amides is 2. The minimum Gasteiger partial charge on any atom is -0.436 e. The van der Waals surface area contributed by atoms with Crippen molar-refractivity contribution in [2.45, 2.75) is 20.8 Å². The normalized spacial score (nSPS) is 10.4. The number of rotatable bonds is 5. The SMILES string of the molecule is COCC(=O)Nc1ccc(C)c(NC(=O)c2oc(C)nc2C)c1. The quantitative estimate of drug-likeness (QED) is 0.883. The molecule has 23 heavy (non-hydrogen) atoms. The first-order valence-electron chi connectivity index (χ1n) is 7.05. The largest absolute Gasteiger partial charge is 0.436 e. The van der Waals surface area contributed by atoms with Gasteiger partial charge in [-0.05, 0) is 31.5 Å². The molecule has 2 rings (SSSR count). The summed E-state index contributed by atoms with van der Waals surface area (Å²) >= 11 is 0. The molecule has 0 aliphatic rings. The number of aromatic nitrogens is 1. The number of carbonyl (C=O) groups excluding carboxylic acids is 2. The van der Waals surface area contributed by atoms with Crippen LogP contribution in [0.5, 0.6) is 0 Å². The van der Waals surface area contributed by atoms with Gasteiger partial charge in [0.15, 0.2) is 5.89 Å². The number of methoxy groups -OCH3 is 1. The average Bonchev–Trinajstić information content (AvgIpc) is 2.81. The molecule has 0 aliphatic carbocycles. The maximum Gasteiger partial charge on any atom is 0.293 e. The fourth-order valence-electron chi connectivity index (χ4n) is 2.08. The van der Waals surface area contributed by atoms with Gasteiger partial charge in [0.1, 0.15) is 6.61 Å². The lowest BCUT2D eigenvalue weighted by molar-refractivity contribution is -0.119. The van der Waals surface area contributed by atoms with Crippen molar-refractivity contribution in [3.8, 4) is 0 Å². The Balaban J connectivity index is 2.17. The van der Waals surface area contributed by atoms with Crippen LogP contribution in [0.3, 0.4) is 0 Å². The summed E-state index contributed by atoms with van der Waals surface area (Å²) in [6.45, 7) is 5.21. The summed E-state index contributed by atoms with van der Waals surface area (Å²) in [5.74, 6) is -0.0393. The lowest BCUT2D eigenvalue weighted by Gasteiger charge is -2.11. The van der Waals surface area contributed by atoms with Crippen molar-refractivity contribution in [2.24, 2.45) is 0 Å². The molecule has 0 fully saturated rings. The van der Waals surface area contributed by atoms with Crippen molar-refractivity contribution in [1.82, 2.24) is 4.98 Å². The van der Waals surface area contributed by atoms with Crippen LogP contribution >= 0.6 is 0 Å². The van der Waals surface area contributed by atoms with E-state index in [1.807, 2.05) is 6.92 Å². The van der Waals surface area contributed by atoms with E-state index in [0.29, 0.717) is 23.0 Å². The highest BCUT2D eigenvalue weighted by Crippen LogP contribution is 2.22. The number of hydrogen-bond acceptors (Lipinski definition) is 5. The molecule has 0 aliphatic heterocycles. The van der Waals surface area contributed by atoms with Crippen LogP contribution in [0.15, 0.2) is 22.6 Å². The van der Waals surface area contributed by atoms with E-state index in [1.54, 1.807) is 32.0 Å². The van der Waals surface area contributed by atoms with Crippen LogP contribution in [0.2, 0.25) is 0 Å². The third-order valence-corrected chi connectivity index (χ3v) is 3.15. The van der Waals surface area contributed by atoms with Crippen molar-refractivity contribution >= 4 is 23.2 Å². The number of ether oxygens (including phenoxy) is 1. The molecule has 0 unspecified atom stereocenters. The predicted molar refractivity (Wildman–Crippen MR) is 85.6 cm³/mol. The molecule has 122 valence electrons. The average molecular weight is 317 g/mol. The number of aryl methyl sites for hydroxylation is 3. The molecule has 0 spiro atoms. The standard InChI is InChI=1S/C16H19N3O4/c1-9-5-6-12(18-14(20)8-22-4)7-13(9)19-16(21)15-10(2)17-11(3)23-15/h5-7H,8H2,1-4H3,(H,18,20)(H,19,21). The van der Waals surface area contributed by atoms with E-state index in [4.69, 9.17) is 9.15 Å². The van der Waals surface area contributed by atoms with Crippen LogP contribution in [-0.4, -0.2) is 30.5 Å². The van der Waals surface area contributed by atoms with Gasteiger partial charge < -0.3 is 19.8 Å². The number of oxazole rings is 1. The summed E-state index contributed by atoms with van der Waals surface area (Å²) in [4.78, 5) is 27.9. The number of nitrogens with one attached hydrogen (secondary N) is 2. The summed E-state index contributed by atoms with van der Waals surface area (Å²) in [6, 6.07) is 5.23. The minimum atomic E-state index is -0.383. The van der Waals surface area contributed by atoms with Crippen molar-refractivity contribution in [3.63, 3.8) is 0 Å². The van der Waals surface area contributed by atoms with E-state index in [0.717, 1.165) is 5.56 Å². The van der Waals surface area contributed by atoms with Crippen LogP contribution in [0.1, 0.15) is 27.7 Å². The van der Waals surface area contributed by atoms with Crippen LogP contribution in [0.25, 0.3) is 0 Å². The third-order valence-electron chi connectivity index (χ3n) is 3.15. The molecular formula is C16H19N3O4. The first-order valence-corrected chi connectivity index (χ1v) is 7.05. The summed E-state index contributed by atoms with van der Waals surface area (Å²) in [6.07, 6.45) is 0. The van der Waals surface area contributed by atoms with Gasteiger partial charge in [-0.3, -0.25) is 9.59 Å². The van der Waals surface area contributed by atoms with Crippen molar-refractivity contribution in [1.29, 1.82) is 0 Å². The van der Waals surface area contributed by atoms with Crippen LogP contribution < -0.4 is 10.6 Å². The number of hydrogen-bond donors (Lipinski definition) is 2. The Labute approximate surface area is 134 Å². The number of nitrogens with zero attached hydrogens (tertiary/aromatic N) is 1. The maximum absolute atomic E-state index is 12.3. The Morgan fingerprint density at radius 2 is 1.96 bits per heavy atom.